The van der Waals surface area contributed by atoms with Crippen LogP contribution in [0, 0.1) is 6.92 Å². The van der Waals surface area contributed by atoms with Gasteiger partial charge in [0, 0.05) is 31.9 Å². The Morgan fingerprint density at radius 3 is 3.05 bits per heavy atom. The van der Waals surface area contributed by atoms with E-state index in [1.165, 1.54) is 24.0 Å². The molecule has 1 aromatic rings. The molecule has 20 heavy (non-hydrogen) atoms. The fourth-order valence-corrected chi connectivity index (χ4v) is 3.03. The van der Waals surface area contributed by atoms with E-state index in [0.717, 1.165) is 38.3 Å². The number of rotatable bonds is 7. The minimum absolute atomic E-state index is 0.290. The van der Waals surface area contributed by atoms with E-state index in [2.05, 4.69) is 30.1 Å². The number of nitrogens with zero attached hydrogens (tertiary/aromatic N) is 2. The summed E-state index contributed by atoms with van der Waals surface area (Å²) >= 11 is 0. The van der Waals surface area contributed by atoms with E-state index >= 15 is 0 Å². The zero-order valence-corrected chi connectivity index (χ0v) is 12.7. The molecule has 1 atom stereocenters. The molecule has 1 fully saturated rings. The molecule has 2 rings (SSSR count). The number of aromatic nitrogens is 1. The summed E-state index contributed by atoms with van der Waals surface area (Å²) in [4.78, 5) is 7.13. The summed E-state index contributed by atoms with van der Waals surface area (Å²) in [7, 11) is 0. The largest absolute Gasteiger partial charge is 0.396 e. The minimum atomic E-state index is 0.290. The van der Waals surface area contributed by atoms with Crippen molar-refractivity contribution in [1.29, 1.82) is 0 Å². The Labute approximate surface area is 122 Å². The maximum Gasteiger partial charge on any atom is 0.131 e. The van der Waals surface area contributed by atoms with Gasteiger partial charge in [0.2, 0.25) is 0 Å². The molecule has 0 radical (unpaired) electrons. The summed E-state index contributed by atoms with van der Waals surface area (Å²) in [6.07, 6.45) is 6.40. The van der Waals surface area contributed by atoms with Gasteiger partial charge >= 0.3 is 0 Å². The molecule has 1 unspecified atom stereocenters. The van der Waals surface area contributed by atoms with E-state index in [1.807, 2.05) is 6.20 Å². The lowest BCUT2D eigenvalue weighted by atomic mass is 10.1. The summed E-state index contributed by atoms with van der Waals surface area (Å²) in [5.74, 6) is 1.13. The molecule has 4 heteroatoms. The normalized spacial score (nSPS) is 18.8. The fraction of sp³-hybridized carbons (Fsp3) is 0.688. The van der Waals surface area contributed by atoms with Gasteiger partial charge in [0.15, 0.2) is 0 Å². The molecule has 1 aliphatic rings. The average Bonchev–Trinajstić information content (AvgIpc) is 2.91. The van der Waals surface area contributed by atoms with Gasteiger partial charge in [-0.3, -0.25) is 0 Å². The van der Waals surface area contributed by atoms with Crippen LogP contribution in [0.3, 0.4) is 0 Å². The van der Waals surface area contributed by atoms with Crippen LogP contribution in [0.4, 0.5) is 5.82 Å². The molecule has 0 aromatic carbocycles. The first-order valence-corrected chi connectivity index (χ1v) is 7.80. The number of aliphatic hydroxyl groups excluding tert-OH is 1. The van der Waals surface area contributed by atoms with Crippen molar-refractivity contribution in [2.75, 3.05) is 24.6 Å². The molecular formula is C16H27N3O. The summed E-state index contributed by atoms with van der Waals surface area (Å²) in [6.45, 7) is 7.52. The van der Waals surface area contributed by atoms with Crippen molar-refractivity contribution in [2.45, 2.75) is 52.1 Å². The maximum atomic E-state index is 9.02. The SMILES string of the molecule is CCNCc1cnc(N2CCCC2CCCO)c(C)c1. The molecule has 1 aliphatic heterocycles. The number of pyridine rings is 1. The molecule has 112 valence electrons. The number of hydrogen-bond donors (Lipinski definition) is 2. The van der Waals surface area contributed by atoms with Crippen LogP contribution >= 0.6 is 0 Å². The van der Waals surface area contributed by atoms with Crippen molar-refractivity contribution in [3.63, 3.8) is 0 Å². The third-order valence-electron chi connectivity index (χ3n) is 4.03. The quantitative estimate of drug-likeness (QED) is 0.802. The predicted molar refractivity (Wildman–Crippen MR) is 83.0 cm³/mol. The van der Waals surface area contributed by atoms with Crippen LogP contribution < -0.4 is 10.2 Å². The van der Waals surface area contributed by atoms with Crippen LogP contribution in [0.15, 0.2) is 12.3 Å². The molecule has 0 saturated carbocycles. The van der Waals surface area contributed by atoms with Gasteiger partial charge in [-0.1, -0.05) is 6.92 Å². The van der Waals surface area contributed by atoms with Crippen LogP contribution in [0.5, 0.6) is 0 Å². The number of hydrogen-bond acceptors (Lipinski definition) is 4. The molecule has 0 aliphatic carbocycles. The van der Waals surface area contributed by atoms with Gasteiger partial charge in [0.05, 0.1) is 0 Å². The topological polar surface area (TPSA) is 48.4 Å². The Bertz CT molecular complexity index is 422. The van der Waals surface area contributed by atoms with Crippen molar-refractivity contribution in [3.8, 4) is 0 Å². The van der Waals surface area contributed by atoms with E-state index in [0.29, 0.717) is 12.6 Å². The van der Waals surface area contributed by atoms with Crippen LogP contribution in [0.25, 0.3) is 0 Å². The van der Waals surface area contributed by atoms with E-state index in [4.69, 9.17) is 10.1 Å². The molecule has 0 bridgehead atoms. The third kappa shape index (κ3) is 3.70. The zero-order chi connectivity index (χ0) is 14.4. The van der Waals surface area contributed by atoms with Crippen molar-refractivity contribution in [1.82, 2.24) is 10.3 Å². The maximum absolute atomic E-state index is 9.02. The molecule has 1 saturated heterocycles. The highest BCUT2D eigenvalue weighted by Crippen LogP contribution is 2.29. The Kier molecular flexibility index (Phi) is 5.80. The molecule has 2 N–H and O–H groups in total. The zero-order valence-electron chi connectivity index (χ0n) is 12.7. The van der Waals surface area contributed by atoms with Gasteiger partial charge in [-0.25, -0.2) is 4.98 Å². The molecule has 0 amide bonds. The minimum Gasteiger partial charge on any atom is -0.396 e. The lowest BCUT2D eigenvalue weighted by Gasteiger charge is -2.27. The van der Waals surface area contributed by atoms with Crippen LogP contribution in [-0.2, 0) is 6.54 Å². The Morgan fingerprint density at radius 1 is 1.50 bits per heavy atom. The van der Waals surface area contributed by atoms with Crippen molar-refractivity contribution in [3.05, 3.63) is 23.4 Å². The van der Waals surface area contributed by atoms with Gasteiger partial charge in [0.1, 0.15) is 5.82 Å². The van der Waals surface area contributed by atoms with Gasteiger partial charge in [-0.05, 0) is 56.3 Å². The first-order valence-electron chi connectivity index (χ1n) is 7.80. The van der Waals surface area contributed by atoms with Gasteiger partial charge in [-0.15, -0.1) is 0 Å². The lowest BCUT2D eigenvalue weighted by Crippen LogP contribution is -2.30. The molecular weight excluding hydrogens is 250 g/mol. The smallest absolute Gasteiger partial charge is 0.131 e. The molecule has 4 nitrogen and oxygen atoms in total. The molecule has 2 heterocycles. The second kappa shape index (κ2) is 7.60. The lowest BCUT2D eigenvalue weighted by molar-refractivity contribution is 0.279. The van der Waals surface area contributed by atoms with Crippen LogP contribution in [-0.4, -0.2) is 35.8 Å². The van der Waals surface area contributed by atoms with Crippen LogP contribution in [0.1, 0.15) is 43.7 Å². The molecule has 0 spiro atoms. The Hall–Kier alpha value is -1.13. The highest BCUT2D eigenvalue weighted by Gasteiger charge is 2.26. The second-order valence-electron chi connectivity index (χ2n) is 5.62. The monoisotopic (exact) mass is 277 g/mol. The van der Waals surface area contributed by atoms with E-state index < -0.39 is 0 Å². The number of nitrogens with one attached hydrogen (secondary N) is 1. The van der Waals surface area contributed by atoms with Gasteiger partial charge in [-0.2, -0.15) is 0 Å². The predicted octanol–water partition coefficient (Wildman–Crippen LogP) is 2.24. The first-order chi connectivity index (χ1) is 9.76. The standard InChI is InChI=1S/C16H27N3O/c1-3-17-11-14-10-13(2)16(18-12-14)19-8-4-6-15(19)7-5-9-20/h10,12,15,17,20H,3-9,11H2,1-2H3. The van der Waals surface area contributed by atoms with Gasteiger partial charge in [0.25, 0.3) is 0 Å². The van der Waals surface area contributed by atoms with Crippen molar-refractivity contribution < 1.29 is 5.11 Å². The average molecular weight is 277 g/mol. The van der Waals surface area contributed by atoms with Crippen LogP contribution in [0.2, 0.25) is 0 Å². The van der Waals surface area contributed by atoms with Crippen molar-refractivity contribution >= 4 is 5.82 Å². The van der Waals surface area contributed by atoms with E-state index in [-0.39, 0.29) is 0 Å². The first kappa shape index (κ1) is 15.3. The Morgan fingerprint density at radius 2 is 2.35 bits per heavy atom. The van der Waals surface area contributed by atoms with E-state index in [1.54, 1.807) is 0 Å². The highest BCUT2D eigenvalue weighted by molar-refractivity contribution is 5.49. The summed E-state index contributed by atoms with van der Waals surface area (Å²) in [6, 6.07) is 2.79. The summed E-state index contributed by atoms with van der Waals surface area (Å²) in [5, 5.41) is 12.4. The fourth-order valence-electron chi connectivity index (χ4n) is 3.03. The number of aliphatic hydroxyl groups is 1. The number of anilines is 1. The molecule has 1 aromatic heterocycles. The van der Waals surface area contributed by atoms with Gasteiger partial charge < -0.3 is 15.3 Å². The number of aryl methyl sites for hydroxylation is 1. The highest BCUT2D eigenvalue weighted by atomic mass is 16.2. The summed E-state index contributed by atoms with van der Waals surface area (Å²) < 4.78 is 0. The second-order valence-corrected chi connectivity index (χ2v) is 5.62. The third-order valence-corrected chi connectivity index (χ3v) is 4.03. The van der Waals surface area contributed by atoms with Crippen molar-refractivity contribution in [2.24, 2.45) is 0 Å². The summed E-state index contributed by atoms with van der Waals surface area (Å²) in [5.41, 5.74) is 2.51. The Balaban J connectivity index is 2.07. The van der Waals surface area contributed by atoms with E-state index in [9.17, 15) is 0 Å².